The molecule has 0 aliphatic heterocycles. The Morgan fingerprint density at radius 3 is 2.64 bits per heavy atom. The Balaban J connectivity index is 3.96. The molecule has 0 aliphatic rings. The summed E-state index contributed by atoms with van der Waals surface area (Å²) < 4.78 is 0. The summed E-state index contributed by atoms with van der Waals surface area (Å²) in [6.07, 6.45) is 6.54. The number of rotatable bonds is 5. The van der Waals surface area contributed by atoms with Crippen molar-refractivity contribution in [3.05, 3.63) is 11.8 Å². The van der Waals surface area contributed by atoms with Gasteiger partial charge >= 0.3 is 0 Å². The maximum atomic E-state index is 4.54. The number of nitrogens with zero attached hydrogens (tertiary/aromatic N) is 1. The molecule has 0 radical (unpaired) electrons. The number of unbranched alkanes of at least 4 members (excludes halogenated alkanes) is 1. The Morgan fingerprint density at radius 1 is 1.45 bits per heavy atom. The summed E-state index contributed by atoms with van der Waals surface area (Å²) in [5, 5.41) is 2.40. The SMILES string of the molecule is CCC/C=C(\CCC)N=C=S. The number of hydrogen-bond donors (Lipinski definition) is 0. The van der Waals surface area contributed by atoms with Gasteiger partial charge in [-0.1, -0.05) is 32.8 Å². The third-order valence-electron chi connectivity index (χ3n) is 1.36. The molecular formula is C9H15NS. The average Bonchev–Trinajstić information content (AvgIpc) is 2.01. The second-order valence-corrected chi connectivity index (χ2v) is 2.62. The topological polar surface area (TPSA) is 12.4 Å². The number of allylic oxidation sites excluding steroid dienone is 2. The summed E-state index contributed by atoms with van der Waals surface area (Å²) >= 11 is 4.54. The molecule has 0 fully saturated rings. The van der Waals surface area contributed by atoms with Crippen LogP contribution in [0.2, 0.25) is 0 Å². The van der Waals surface area contributed by atoms with Crippen LogP contribution in [0.4, 0.5) is 0 Å². The van der Waals surface area contributed by atoms with Gasteiger partial charge in [-0.3, -0.25) is 0 Å². The van der Waals surface area contributed by atoms with E-state index in [0.29, 0.717) is 0 Å². The zero-order valence-corrected chi connectivity index (χ0v) is 8.08. The molecule has 0 saturated carbocycles. The molecule has 0 spiro atoms. The molecule has 0 amide bonds. The summed E-state index contributed by atoms with van der Waals surface area (Å²) in [6, 6.07) is 0. The fourth-order valence-corrected chi connectivity index (χ4v) is 0.947. The summed E-state index contributed by atoms with van der Waals surface area (Å²) in [5.74, 6) is 0. The van der Waals surface area contributed by atoms with Gasteiger partial charge in [0, 0.05) is 5.70 Å². The average molecular weight is 169 g/mol. The van der Waals surface area contributed by atoms with Gasteiger partial charge in [-0.05, 0) is 25.1 Å². The van der Waals surface area contributed by atoms with Gasteiger partial charge in [0.25, 0.3) is 0 Å². The molecular weight excluding hydrogens is 154 g/mol. The van der Waals surface area contributed by atoms with E-state index in [9.17, 15) is 0 Å². The minimum atomic E-state index is 1.02. The van der Waals surface area contributed by atoms with Gasteiger partial charge in [0.2, 0.25) is 0 Å². The zero-order chi connectivity index (χ0) is 8.53. The smallest absolute Gasteiger partial charge is 0.0637 e. The van der Waals surface area contributed by atoms with Crippen LogP contribution in [-0.4, -0.2) is 5.16 Å². The van der Waals surface area contributed by atoms with Crippen molar-refractivity contribution in [2.45, 2.75) is 39.5 Å². The molecule has 0 aliphatic carbocycles. The van der Waals surface area contributed by atoms with E-state index in [1.807, 2.05) is 0 Å². The molecule has 0 aromatic rings. The Morgan fingerprint density at radius 2 is 2.18 bits per heavy atom. The first-order valence-corrected chi connectivity index (χ1v) is 4.52. The van der Waals surface area contributed by atoms with E-state index in [-0.39, 0.29) is 0 Å². The quantitative estimate of drug-likeness (QED) is 0.452. The highest BCUT2D eigenvalue weighted by Gasteiger charge is 1.89. The predicted octanol–water partition coefficient (Wildman–Crippen LogP) is 3.57. The number of aliphatic imine (C=N–C) groups is 1. The lowest BCUT2D eigenvalue weighted by atomic mass is 10.2. The van der Waals surface area contributed by atoms with E-state index < -0.39 is 0 Å². The van der Waals surface area contributed by atoms with Crippen molar-refractivity contribution in [1.82, 2.24) is 0 Å². The maximum absolute atomic E-state index is 4.54. The number of hydrogen-bond acceptors (Lipinski definition) is 2. The van der Waals surface area contributed by atoms with Crippen LogP contribution in [0.3, 0.4) is 0 Å². The van der Waals surface area contributed by atoms with Crippen LogP contribution >= 0.6 is 12.2 Å². The molecule has 0 bridgehead atoms. The summed E-state index contributed by atoms with van der Waals surface area (Å²) in [5.41, 5.74) is 1.09. The van der Waals surface area contributed by atoms with Crippen LogP contribution in [0.1, 0.15) is 39.5 Å². The van der Waals surface area contributed by atoms with Crippen LogP contribution in [0.25, 0.3) is 0 Å². The van der Waals surface area contributed by atoms with Gasteiger partial charge < -0.3 is 0 Å². The number of thiocarbonyl (C=S) groups is 1. The van der Waals surface area contributed by atoms with Crippen LogP contribution in [-0.2, 0) is 0 Å². The van der Waals surface area contributed by atoms with Gasteiger partial charge in [0.05, 0.1) is 5.16 Å². The van der Waals surface area contributed by atoms with Crippen molar-refractivity contribution in [2.24, 2.45) is 4.99 Å². The van der Waals surface area contributed by atoms with Crippen LogP contribution in [0, 0.1) is 0 Å². The lowest BCUT2D eigenvalue weighted by Gasteiger charge is -1.95. The lowest BCUT2D eigenvalue weighted by Crippen LogP contribution is -1.77. The van der Waals surface area contributed by atoms with Gasteiger partial charge in [0.1, 0.15) is 0 Å². The van der Waals surface area contributed by atoms with E-state index in [2.05, 4.69) is 42.3 Å². The van der Waals surface area contributed by atoms with Crippen molar-refractivity contribution in [3.63, 3.8) is 0 Å². The standard InChI is InChI=1S/C9H15NS/c1-3-5-7-9(6-4-2)10-8-11/h7H,3-6H2,1-2H3/b9-7+. The molecule has 1 nitrogen and oxygen atoms in total. The lowest BCUT2D eigenvalue weighted by molar-refractivity contribution is 0.867. The van der Waals surface area contributed by atoms with Crippen molar-refractivity contribution in [1.29, 1.82) is 0 Å². The van der Waals surface area contributed by atoms with Crippen LogP contribution in [0.15, 0.2) is 16.8 Å². The minimum absolute atomic E-state index is 1.02. The monoisotopic (exact) mass is 169 g/mol. The molecule has 62 valence electrons. The van der Waals surface area contributed by atoms with E-state index >= 15 is 0 Å². The predicted molar refractivity (Wildman–Crippen MR) is 52.9 cm³/mol. The minimum Gasteiger partial charge on any atom is -0.200 e. The molecule has 0 aromatic heterocycles. The molecule has 0 heterocycles. The third-order valence-corrected chi connectivity index (χ3v) is 1.46. The Kier molecular flexibility index (Phi) is 7.33. The molecule has 0 aromatic carbocycles. The Bertz CT molecular complexity index is 166. The molecule has 0 N–H and O–H groups in total. The molecule has 0 unspecified atom stereocenters. The van der Waals surface area contributed by atoms with E-state index in [1.54, 1.807) is 0 Å². The highest BCUT2D eigenvalue weighted by molar-refractivity contribution is 7.78. The van der Waals surface area contributed by atoms with E-state index in [4.69, 9.17) is 0 Å². The molecule has 11 heavy (non-hydrogen) atoms. The second kappa shape index (κ2) is 7.64. The fourth-order valence-electron chi connectivity index (χ4n) is 0.829. The fraction of sp³-hybridized carbons (Fsp3) is 0.667. The molecule has 2 heteroatoms. The molecule has 0 saturated heterocycles. The molecule has 0 rings (SSSR count). The van der Waals surface area contributed by atoms with Crippen molar-refractivity contribution in [2.75, 3.05) is 0 Å². The highest BCUT2D eigenvalue weighted by Crippen LogP contribution is 2.07. The van der Waals surface area contributed by atoms with Gasteiger partial charge in [-0.15, -0.1) is 0 Å². The zero-order valence-electron chi connectivity index (χ0n) is 7.26. The molecule has 0 atom stereocenters. The van der Waals surface area contributed by atoms with Crippen LogP contribution < -0.4 is 0 Å². The van der Waals surface area contributed by atoms with Crippen LogP contribution in [0.5, 0.6) is 0 Å². The first-order valence-electron chi connectivity index (χ1n) is 4.12. The highest BCUT2D eigenvalue weighted by atomic mass is 32.1. The van der Waals surface area contributed by atoms with Gasteiger partial charge in [0.15, 0.2) is 0 Å². The maximum Gasteiger partial charge on any atom is 0.0637 e. The van der Waals surface area contributed by atoms with E-state index in [1.165, 1.54) is 6.42 Å². The third kappa shape index (κ3) is 5.96. The normalized spacial score (nSPS) is 10.9. The summed E-state index contributed by atoms with van der Waals surface area (Å²) in [6.45, 7) is 4.29. The Hall–Kier alpha value is -0.460. The number of isothiocyanates is 1. The van der Waals surface area contributed by atoms with Gasteiger partial charge in [-0.2, -0.15) is 4.99 Å². The largest absolute Gasteiger partial charge is 0.200 e. The Labute approximate surface area is 74.2 Å². The van der Waals surface area contributed by atoms with E-state index in [0.717, 1.165) is 25.0 Å². The van der Waals surface area contributed by atoms with Crippen molar-refractivity contribution >= 4 is 17.4 Å². The van der Waals surface area contributed by atoms with Crippen molar-refractivity contribution < 1.29 is 0 Å². The first kappa shape index (κ1) is 10.5. The summed E-state index contributed by atoms with van der Waals surface area (Å²) in [7, 11) is 0. The summed E-state index contributed by atoms with van der Waals surface area (Å²) in [4.78, 5) is 3.98. The van der Waals surface area contributed by atoms with Crippen molar-refractivity contribution in [3.8, 4) is 0 Å². The second-order valence-electron chi connectivity index (χ2n) is 2.44. The van der Waals surface area contributed by atoms with Gasteiger partial charge in [-0.25, -0.2) is 0 Å². The first-order chi connectivity index (χ1) is 5.35.